The van der Waals surface area contributed by atoms with Gasteiger partial charge in [-0.05, 0) is 49.1 Å². The minimum atomic E-state index is -0.649. The van der Waals surface area contributed by atoms with Crippen LogP contribution in [0.1, 0.15) is 51.0 Å². The van der Waals surface area contributed by atoms with Crippen molar-refractivity contribution in [2.75, 3.05) is 6.61 Å². The zero-order chi connectivity index (χ0) is 22.9. The number of nitrogens with one attached hydrogen (secondary N) is 1. The molecule has 7 heteroatoms. The molecular formula is C25H30ClFN2O3. The first kappa shape index (κ1) is 24.1. The van der Waals surface area contributed by atoms with Gasteiger partial charge in [-0.15, -0.1) is 0 Å². The number of rotatable bonds is 9. The fourth-order valence-corrected chi connectivity index (χ4v) is 4.22. The predicted octanol–water partition coefficient (Wildman–Crippen LogP) is 5.11. The topological polar surface area (TPSA) is 58.6 Å². The summed E-state index contributed by atoms with van der Waals surface area (Å²) in [4.78, 5) is 27.9. The lowest BCUT2D eigenvalue weighted by atomic mass is 9.95. The summed E-state index contributed by atoms with van der Waals surface area (Å²) in [6, 6.07) is 12.4. The highest BCUT2D eigenvalue weighted by atomic mass is 35.5. The van der Waals surface area contributed by atoms with Gasteiger partial charge in [-0.1, -0.05) is 62.1 Å². The number of hydrogen-bond donors (Lipinski definition) is 1. The largest absolute Gasteiger partial charge is 0.482 e. The van der Waals surface area contributed by atoms with Gasteiger partial charge in [0.05, 0.1) is 5.02 Å². The van der Waals surface area contributed by atoms with Crippen LogP contribution >= 0.6 is 11.6 Å². The van der Waals surface area contributed by atoms with E-state index in [1.165, 1.54) is 23.5 Å². The second kappa shape index (κ2) is 11.9. The summed E-state index contributed by atoms with van der Waals surface area (Å²) in [6.07, 6.45) is 5.78. The zero-order valence-electron chi connectivity index (χ0n) is 18.4. The van der Waals surface area contributed by atoms with E-state index in [0.29, 0.717) is 17.2 Å². The maximum absolute atomic E-state index is 13.4. The summed E-state index contributed by atoms with van der Waals surface area (Å²) in [5.74, 6) is -0.438. The van der Waals surface area contributed by atoms with Gasteiger partial charge in [0.15, 0.2) is 6.61 Å². The fourth-order valence-electron chi connectivity index (χ4n) is 4.03. The van der Waals surface area contributed by atoms with E-state index in [-0.39, 0.29) is 36.8 Å². The first-order valence-electron chi connectivity index (χ1n) is 11.2. The molecule has 172 valence electrons. The maximum Gasteiger partial charge on any atom is 0.261 e. The molecule has 0 aromatic heterocycles. The number of nitrogens with zero attached hydrogens (tertiary/aromatic N) is 1. The van der Waals surface area contributed by atoms with Crippen LogP contribution in [0.4, 0.5) is 4.39 Å². The van der Waals surface area contributed by atoms with Crippen molar-refractivity contribution in [2.24, 2.45) is 0 Å². The van der Waals surface area contributed by atoms with Crippen LogP contribution < -0.4 is 10.1 Å². The second-order valence-corrected chi connectivity index (χ2v) is 8.54. The molecule has 0 heterocycles. The second-order valence-electron chi connectivity index (χ2n) is 8.13. The van der Waals surface area contributed by atoms with Crippen molar-refractivity contribution >= 4 is 23.4 Å². The normalized spacial score (nSPS) is 15.1. The molecule has 0 saturated heterocycles. The van der Waals surface area contributed by atoms with Crippen LogP contribution in [0, 0.1) is 5.82 Å². The van der Waals surface area contributed by atoms with Crippen molar-refractivity contribution in [3.05, 3.63) is 64.9 Å². The molecule has 1 aliphatic carbocycles. The molecule has 2 aromatic rings. The smallest absolute Gasteiger partial charge is 0.261 e. The van der Waals surface area contributed by atoms with Gasteiger partial charge >= 0.3 is 0 Å². The molecule has 1 saturated carbocycles. The Hall–Kier alpha value is -2.60. The quantitative estimate of drug-likeness (QED) is 0.565. The van der Waals surface area contributed by atoms with Gasteiger partial charge in [-0.2, -0.15) is 0 Å². The molecule has 2 aromatic carbocycles. The Balaban J connectivity index is 1.75. The molecule has 5 nitrogen and oxygen atoms in total. The Labute approximate surface area is 193 Å². The maximum atomic E-state index is 13.4. The molecule has 1 fully saturated rings. The number of para-hydroxylation sites is 1. The molecule has 0 aliphatic heterocycles. The fraction of sp³-hybridized carbons (Fsp3) is 0.440. The molecule has 0 unspecified atom stereocenters. The third kappa shape index (κ3) is 6.70. The van der Waals surface area contributed by atoms with Crippen LogP contribution in [0.25, 0.3) is 0 Å². The molecule has 2 amide bonds. The minimum absolute atomic E-state index is 0.146. The Morgan fingerprint density at radius 3 is 2.47 bits per heavy atom. The average molecular weight is 461 g/mol. The number of halogens is 2. The third-order valence-corrected chi connectivity index (χ3v) is 6.10. The summed E-state index contributed by atoms with van der Waals surface area (Å²) in [6.45, 7) is 1.81. The monoisotopic (exact) mass is 460 g/mol. The van der Waals surface area contributed by atoms with Gasteiger partial charge in [-0.3, -0.25) is 9.59 Å². The molecule has 1 atom stereocenters. The number of carbonyl (C=O) groups excluding carboxylic acids is 2. The lowest BCUT2D eigenvalue weighted by Gasteiger charge is -2.32. The van der Waals surface area contributed by atoms with E-state index in [1.807, 2.05) is 6.92 Å². The van der Waals surface area contributed by atoms with Crippen molar-refractivity contribution in [1.29, 1.82) is 0 Å². The highest BCUT2D eigenvalue weighted by Crippen LogP contribution is 2.24. The van der Waals surface area contributed by atoms with Crippen molar-refractivity contribution in [2.45, 2.75) is 64.1 Å². The molecule has 32 heavy (non-hydrogen) atoms. The van der Waals surface area contributed by atoms with E-state index in [2.05, 4.69) is 5.32 Å². The summed E-state index contributed by atoms with van der Waals surface area (Å²) in [5, 5.41) is 3.54. The minimum Gasteiger partial charge on any atom is -0.482 e. The summed E-state index contributed by atoms with van der Waals surface area (Å²) < 4.78 is 19.0. The Kier molecular flexibility index (Phi) is 8.91. The van der Waals surface area contributed by atoms with Gasteiger partial charge in [-0.25, -0.2) is 4.39 Å². The van der Waals surface area contributed by atoms with E-state index in [9.17, 15) is 14.0 Å². The molecule has 3 rings (SSSR count). The zero-order valence-corrected chi connectivity index (χ0v) is 19.1. The number of amides is 2. The van der Waals surface area contributed by atoms with Crippen molar-refractivity contribution in [3.8, 4) is 5.75 Å². The number of benzene rings is 2. The Bertz CT molecular complexity index is 900. The standard InChI is InChI=1S/C25H30ClFN2O3/c1-2-22(25(31)28-20-8-4-3-5-9-20)29(16-18-12-14-19(27)15-13-18)24(30)17-32-23-11-7-6-10-21(23)26/h6-7,10-15,20,22H,2-5,8-9,16-17H2,1H3,(H,28,31)/t22-/m1/s1. The van der Waals surface area contributed by atoms with Crippen LogP contribution in [-0.4, -0.2) is 35.4 Å². The predicted molar refractivity (Wildman–Crippen MR) is 123 cm³/mol. The van der Waals surface area contributed by atoms with E-state index in [4.69, 9.17) is 16.3 Å². The van der Waals surface area contributed by atoms with Crippen LogP contribution in [0.3, 0.4) is 0 Å². The van der Waals surface area contributed by atoms with Gasteiger partial charge in [0, 0.05) is 12.6 Å². The first-order chi connectivity index (χ1) is 15.5. The van der Waals surface area contributed by atoms with Crippen LogP contribution in [0.2, 0.25) is 5.02 Å². The lowest BCUT2D eigenvalue weighted by molar-refractivity contribution is -0.143. The first-order valence-corrected chi connectivity index (χ1v) is 11.6. The third-order valence-electron chi connectivity index (χ3n) is 5.79. The summed E-state index contributed by atoms with van der Waals surface area (Å²) >= 11 is 6.13. The Morgan fingerprint density at radius 2 is 1.81 bits per heavy atom. The molecule has 1 aliphatic rings. The van der Waals surface area contributed by atoms with Crippen molar-refractivity contribution in [3.63, 3.8) is 0 Å². The van der Waals surface area contributed by atoms with Crippen LogP contribution in [0.15, 0.2) is 48.5 Å². The van der Waals surface area contributed by atoms with E-state index < -0.39 is 6.04 Å². The SMILES string of the molecule is CC[C@H](C(=O)NC1CCCCC1)N(Cc1ccc(F)cc1)C(=O)COc1ccccc1Cl. The van der Waals surface area contributed by atoms with E-state index >= 15 is 0 Å². The summed E-state index contributed by atoms with van der Waals surface area (Å²) in [5.41, 5.74) is 0.737. The number of carbonyl (C=O) groups is 2. The van der Waals surface area contributed by atoms with Gasteiger partial charge in [0.25, 0.3) is 5.91 Å². The molecule has 1 N–H and O–H groups in total. The Morgan fingerprint density at radius 1 is 1.12 bits per heavy atom. The van der Waals surface area contributed by atoms with Gasteiger partial charge in [0.1, 0.15) is 17.6 Å². The molecule has 0 bridgehead atoms. The average Bonchev–Trinajstić information content (AvgIpc) is 2.80. The van der Waals surface area contributed by atoms with Crippen molar-refractivity contribution in [1.82, 2.24) is 10.2 Å². The summed E-state index contributed by atoms with van der Waals surface area (Å²) in [7, 11) is 0. The van der Waals surface area contributed by atoms with E-state index in [0.717, 1.165) is 31.2 Å². The van der Waals surface area contributed by atoms with Gasteiger partial charge in [0.2, 0.25) is 5.91 Å². The number of ether oxygens (including phenoxy) is 1. The lowest BCUT2D eigenvalue weighted by Crippen LogP contribution is -2.52. The molecule has 0 spiro atoms. The van der Waals surface area contributed by atoms with Crippen LogP contribution in [0.5, 0.6) is 5.75 Å². The highest BCUT2D eigenvalue weighted by Gasteiger charge is 2.30. The van der Waals surface area contributed by atoms with E-state index in [1.54, 1.807) is 36.4 Å². The van der Waals surface area contributed by atoms with Gasteiger partial charge < -0.3 is 15.0 Å². The van der Waals surface area contributed by atoms with Crippen molar-refractivity contribution < 1.29 is 18.7 Å². The number of hydrogen-bond acceptors (Lipinski definition) is 3. The molecule has 0 radical (unpaired) electrons. The molecular weight excluding hydrogens is 431 g/mol. The van der Waals surface area contributed by atoms with Crippen LogP contribution in [-0.2, 0) is 16.1 Å². The highest BCUT2D eigenvalue weighted by molar-refractivity contribution is 6.32.